The van der Waals surface area contributed by atoms with Crippen LogP contribution in [-0.4, -0.2) is 5.88 Å². The average molecular weight is 209 g/mol. The monoisotopic (exact) mass is 209 g/mol. The Bertz CT molecular complexity index is 362. The van der Waals surface area contributed by atoms with Gasteiger partial charge in [-0.25, -0.2) is 4.39 Å². The number of rotatable bonds is 2. The van der Waals surface area contributed by atoms with Crippen LogP contribution in [0.5, 0.6) is 0 Å². The highest BCUT2D eigenvalue weighted by Gasteiger charge is 2.13. The summed E-state index contributed by atoms with van der Waals surface area (Å²) in [6.07, 6.45) is 2.66. The minimum Gasteiger partial charge on any atom is -0.335 e. The molecule has 1 nitrogen and oxygen atoms in total. The Balaban J connectivity index is 2.37. The van der Waals surface area contributed by atoms with E-state index in [0.717, 1.165) is 17.9 Å². The highest BCUT2D eigenvalue weighted by Crippen LogP contribution is 2.28. The summed E-state index contributed by atoms with van der Waals surface area (Å²) in [5, 5.41) is 1.98. The molecule has 0 spiro atoms. The lowest BCUT2D eigenvalue weighted by atomic mass is 10.1. The van der Waals surface area contributed by atoms with Crippen molar-refractivity contribution in [2.24, 2.45) is 0 Å². The number of halogens is 1. The first-order valence-electron chi connectivity index (χ1n) is 4.65. The molecule has 0 bridgehead atoms. The number of nitrogens with zero attached hydrogens (tertiary/aromatic N) is 1. The van der Waals surface area contributed by atoms with Gasteiger partial charge in [-0.2, -0.15) is 0 Å². The highest BCUT2D eigenvalue weighted by atomic mass is 32.2. The van der Waals surface area contributed by atoms with Gasteiger partial charge in [0.05, 0.1) is 11.6 Å². The minimum atomic E-state index is -0.0813. The summed E-state index contributed by atoms with van der Waals surface area (Å²) in [6.45, 7) is 1.97. The lowest BCUT2D eigenvalue weighted by Gasteiger charge is -2.16. The second kappa shape index (κ2) is 4.05. The molecule has 0 unspecified atom stereocenters. The van der Waals surface area contributed by atoms with E-state index in [1.165, 1.54) is 0 Å². The van der Waals surface area contributed by atoms with Gasteiger partial charge in [-0.1, -0.05) is 19.1 Å². The van der Waals surface area contributed by atoms with Crippen molar-refractivity contribution in [3.8, 4) is 0 Å². The molecule has 1 aliphatic rings. The molecule has 1 heterocycles. The molecule has 0 aliphatic carbocycles. The number of aryl methyl sites for hydroxylation is 1. The molecule has 0 fully saturated rings. The van der Waals surface area contributed by atoms with E-state index in [9.17, 15) is 4.39 Å². The van der Waals surface area contributed by atoms with E-state index in [-0.39, 0.29) is 5.82 Å². The molecule has 1 aliphatic heterocycles. The van der Waals surface area contributed by atoms with Crippen molar-refractivity contribution in [1.82, 2.24) is 0 Å². The second-order valence-electron chi connectivity index (χ2n) is 3.15. The van der Waals surface area contributed by atoms with Crippen LogP contribution in [0, 0.1) is 5.82 Å². The van der Waals surface area contributed by atoms with Crippen LogP contribution in [0.25, 0.3) is 0 Å². The van der Waals surface area contributed by atoms with Crippen molar-refractivity contribution in [2.45, 2.75) is 13.3 Å². The molecule has 0 amide bonds. The van der Waals surface area contributed by atoms with E-state index in [1.807, 2.05) is 41.6 Å². The third-order valence-corrected chi connectivity index (χ3v) is 3.04. The molecular formula is C11H12FNS. The molecule has 0 radical (unpaired) electrons. The predicted octanol–water partition coefficient (Wildman–Crippen LogP) is 3.37. The molecule has 0 aromatic heterocycles. The Morgan fingerprint density at radius 3 is 3.00 bits per heavy atom. The Morgan fingerprint density at radius 1 is 1.50 bits per heavy atom. The zero-order valence-electron chi connectivity index (χ0n) is 8.03. The Labute approximate surface area is 87.6 Å². The summed E-state index contributed by atoms with van der Waals surface area (Å²) in [4.78, 5) is 1.93. The first-order valence-corrected chi connectivity index (χ1v) is 5.70. The maximum Gasteiger partial charge on any atom is 0.150 e. The van der Waals surface area contributed by atoms with Crippen LogP contribution in [0.1, 0.15) is 12.5 Å². The Hall–Kier alpha value is -0.960. The zero-order valence-corrected chi connectivity index (χ0v) is 8.85. The topological polar surface area (TPSA) is 3.24 Å². The fourth-order valence-electron chi connectivity index (χ4n) is 1.49. The smallest absolute Gasteiger partial charge is 0.150 e. The molecule has 2 rings (SSSR count). The fourth-order valence-corrected chi connectivity index (χ4v) is 2.20. The Morgan fingerprint density at radius 2 is 2.36 bits per heavy atom. The third-order valence-electron chi connectivity index (χ3n) is 2.30. The Kier molecular flexibility index (Phi) is 2.77. The lowest BCUT2D eigenvalue weighted by molar-refractivity contribution is 0.612. The summed E-state index contributed by atoms with van der Waals surface area (Å²) < 4.78 is 13.8. The van der Waals surface area contributed by atoms with E-state index >= 15 is 0 Å². The summed E-state index contributed by atoms with van der Waals surface area (Å²) in [5.41, 5.74) is 1.47. The van der Waals surface area contributed by atoms with Crippen LogP contribution in [0.4, 0.5) is 10.1 Å². The summed E-state index contributed by atoms with van der Waals surface area (Å²) in [6, 6.07) is 5.57. The number of hydrogen-bond acceptors (Lipinski definition) is 2. The second-order valence-corrected chi connectivity index (χ2v) is 4.02. The molecule has 0 atom stereocenters. The number of thioether (sulfide) groups is 1. The maximum atomic E-state index is 13.8. The average Bonchev–Trinajstić information content (AvgIpc) is 2.71. The van der Waals surface area contributed by atoms with Crippen LogP contribution >= 0.6 is 11.8 Å². The normalized spacial score (nSPS) is 15.1. The van der Waals surface area contributed by atoms with E-state index in [1.54, 1.807) is 11.8 Å². The molecule has 0 saturated carbocycles. The summed E-state index contributed by atoms with van der Waals surface area (Å²) >= 11 is 1.68. The minimum absolute atomic E-state index is 0.0813. The van der Waals surface area contributed by atoms with Crippen molar-refractivity contribution in [2.75, 3.05) is 10.8 Å². The van der Waals surface area contributed by atoms with Gasteiger partial charge in [-0.3, -0.25) is 0 Å². The van der Waals surface area contributed by atoms with Crippen LogP contribution in [0.3, 0.4) is 0 Å². The van der Waals surface area contributed by atoms with Gasteiger partial charge in [0.15, 0.2) is 0 Å². The van der Waals surface area contributed by atoms with Crippen molar-refractivity contribution in [3.63, 3.8) is 0 Å². The first-order chi connectivity index (χ1) is 6.83. The third kappa shape index (κ3) is 1.64. The number of benzene rings is 1. The number of anilines is 1. The SMILES string of the molecule is CCc1cccc(N2C=CSC2)c1F. The number of hydrogen-bond donors (Lipinski definition) is 0. The van der Waals surface area contributed by atoms with Crippen molar-refractivity contribution < 1.29 is 4.39 Å². The maximum absolute atomic E-state index is 13.8. The van der Waals surface area contributed by atoms with Crippen molar-refractivity contribution in [3.05, 3.63) is 41.2 Å². The van der Waals surface area contributed by atoms with Crippen molar-refractivity contribution >= 4 is 17.4 Å². The van der Waals surface area contributed by atoms with Gasteiger partial charge >= 0.3 is 0 Å². The molecule has 1 aromatic rings. The van der Waals surface area contributed by atoms with Gasteiger partial charge in [0.25, 0.3) is 0 Å². The van der Waals surface area contributed by atoms with E-state index < -0.39 is 0 Å². The van der Waals surface area contributed by atoms with Crippen LogP contribution in [0.15, 0.2) is 29.8 Å². The van der Waals surface area contributed by atoms with Gasteiger partial charge in [0, 0.05) is 6.20 Å². The van der Waals surface area contributed by atoms with Crippen LogP contribution in [-0.2, 0) is 6.42 Å². The van der Waals surface area contributed by atoms with Gasteiger partial charge < -0.3 is 4.90 Å². The van der Waals surface area contributed by atoms with Crippen LogP contribution < -0.4 is 4.90 Å². The molecule has 14 heavy (non-hydrogen) atoms. The molecule has 3 heteroatoms. The lowest BCUT2D eigenvalue weighted by Crippen LogP contribution is -2.13. The van der Waals surface area contributed by atoms with E-state index in [0.29, 0.717) is 5.69 Å². The van der Waals surface area contributed by atoms with Gasteiger partial charge in [-0.05, 0) is 23.5 Å². The van der Waals surface area contributed by atoms with Gasteiger partial charge in [0.1, 0.15) is 5.82 Å². The molecule has 1 aromatic carbocycles. The quantitative estimate of drug-likeness (QED) is 0.734. The van der Waals surface area contributed by atoms with E-state index in [4.69, 9.17) is 0 Å². The first kappa shape index (κ1) is 9.59. The highest BCUT2D eigenvalue weighted by molar-refractivity contribution is 8.02. The fraction of sp³-hybridized carbons (Fsp3) is 0.273. The molecule has 0 saturated heterocycles. The van der Waals surface area contributed by atoms with Crippen LogP contribution in [0.2, 0.25) is 0 Å². The molecule has 0 N–H and O–H groups in total. The van der Waals surface area contributed by atoms with Gasteiger partial charge in [0.2, 0.25) is 0 Å². The predicted molar refractivity (Wildman–Crippen MR) is 59.9 cm³/mol. The summed E-state index contributed by atoms with van der Waals surface area (Å²) in [7, 11) is 0. The standard InChI is InChI=1S/C11H12FNS/c1-2-9-4-3-5-10(11(9)12)13-6-7-14-8-13/h3-7H,2,8H2,1H3. The zero-order chi connectivity index (χ0) is 9.97. The largest absolute Gasteiger partial charge is 0.335 e. The molecular weight excluding hydrogens is 197 g/mol. The summed E-state index contributed by atoms with van der Waals surface area (Å²) in [5.74, 6) is 0.728. The van der Waals surface area contributed by atoms with Crippen molar-refractivity contribution in [1.29, 1.82) is 0 Å². The van der Waals surface area contributed by atoms with Gasteiger partial charge in [-0.15, -0.1) is 11.8 Å². The van der Waals surface area contributed by atoms with E-state index in [2.05, 4.69) is 0 Å². The molecule has 74 valence electrons.